The molecule has 0 unspecified atom stereocenters. The summed E-state index contributed by atoms with van der Waals surface area (Å²) < 4.78 is 0. The van der Waals surface area contributed by atoms with Crippen LogP contribution in [0.1, 0.15) is 16.7 Å². The van der Waals surface area contributed by atoms with Crippen molar-refractivity contribution in [2.45, 2.75) is 19.4 Å². The summed E-state index contributed by atoms with van der Waals surface area (Å²) in [5, 5.41) is 0. The second kappa shape index (κ2) is 7.83. The van der Waals surface area contributed by atoms with Crippen LogP contribution in [0.4, 0.5) is 0 Å². The van der Waals surface area contributed by atoms with Crippen LogP contribution < -0.4 is 5.73 Å². The Morgan fingerprint density at radius 1 is 0.850 bits per heavy atom. The average molecular weight is 268 g/mol. The van der Waals surface area contributed by atoms with E-state index in [1.807, 2.05) is 0 Å². The number of likely N-dealkylation sites (N-methyl/N-ethyl adjacent to an activating group) is 1. The third-order valence-corrected chi connectivity index (χ3v) is 3.50. The Kier molecular flexibility index (Phi) is 5.78. The smallest absolute Gasteiger partial charge is 0.0230 e. The van der Waals surface area contributed by atoms with Gasteiger partial charge in [0.25, 0.3) is 0 Å². The van der Waals surface area contributed by atoms with E-state index in [2.05, 4.69) is 66.5 Å². The molecule has 0 radical (unpaired) electrons. The summed E-state index contributed by atoms with van der Waals surface area (Å²) in [6.07, 6.45) is 2.06. The molecule has 0 bridgehead atoms. The van der Waals surface area contributed by atoms with E-state index >= 15 is 0 Å². The lowest BCUT2D eigenvalue weighted by molar-refractivity contribution is 0.331. The topological polar surface area (TPSA) is 29.3 Å². The lowest BCUT2D eigenvalue weighted by Crippen LogP contribution is -2.20. The second-order valence-corrected chi connectivity index (χ2v) is 5.33. The molecule has 0 heterocycles. The first kappa shape index (κ1) is 14.8. The molecule has 2 aromatic carbocycles. The van der Waals surface area contributed by atoms with Crippen molar-refractivity contribution in [3.05, 3.63) is 71.3 Å². The van der Waals surface area contributed by atoms with Crippen LogP contribution in [0.3, 0.4) is 0 Å². The fraction of sp³-hybridized carbons (Fsp3) is 0.333. The Balaban J connectivity index is 1.84. The van der Waals surface area contributed by atoms with Crippen molar-refractivity contribution in [2.75, 3.05) is 20.1 Å². The van der Waals surface area contributed by atoms with Crippen molar-refractivity contribution in [1.29, 1.82) is 0 Å². The lowest BCUT2D eigenvalue weighted by atomic mass is 10.1. The van der Waals surface area contributed by atoms with E-state index in [4.69, 9.17) is 5.73 Å². The van der Waals surface area contributed by atoms with Gasteiger partial charge in [0.1, 0.15) is 0 Å². The van der Waals surface area contributed by atoms with Crippen molar-refractivity contribution in [3.8, 4) is 0 Å². The number of hydrogen-bond donors (Lipinski definition) is 1. The molecule has 106 valence electrons. The van der Waals surface area contributed by atoms with Crippen molar-refractivity contribution in [3.63, 3.8) is 0 Å². The van der Waals surface area contributed by atoms with Crippen molar-refractivity contribution in [1.82, 2.24) is 4.90 Å². The first-order valence-corrected chi connectivity index (χ1v) is 7.28. The Labute approximate surface area is 122 Å². The molecule has 0 saturated carbocycles. The van der Waals surface area contributed by atoms with E-state index in [1.165, 1.54) is 16.7 Å². The molecule has 2 aromatic rings. The maximum Gasteiger partial charge on any atom is 0.0230 e. The summed E-state index contributed by atoms with van der Waals surface area (Å²) in [7, 11) is 2.18. The molecule has 2 rings (SSSR count). The molecular weight excluding hydrogens is 244 g/mol. The first-order valence-electron chi connectivity index (χ1n) is 7.28. The minimum atomic E-state index is 0.716. The Bertz CT molecular complexity index is 508. The highest BCUT2D eigenvalue weighted by Gasteiger charge is 2.02. The van der Waals surface area contributed by atoms with E-state index in [9.17, 15) is 0 Å². The normalized spacial score (nSPS) is 10.9. The molecule has 0 aliphatic heterocycles. The van der Waals surface area contributed by atoms with E-state index in [-0.39, 0.29) is 0 Å². The zero-order valence-electron chi connectivity index (χ0n) is 12.3. The molecule has 2 heteroatoms. The number of rotatable bonds is 7. The summed E-state index contributed by atoms with van der Waals surface area (Å²) in [6, 6.07) is 19.4. The van der Waals surface area contributed by atoms with Gasteiger partial charge in [0.2, 0.25) is 0 Å². The Hall–Kier alpha value is -1.64. The van der Waals surface area contributed by atoms with Gasteiger partial charge in [-0.3, -0.25) is 0 Å². The van der Waals surface area contributed by atoms with Gasteiger partial charge in [0.05, 0.1) is 0 Å². The van der Waals surface area contributed by atoms with Crippen LogP contribution in [0.15, 0.2) is 54.6 Å². The molecule has 0 saturated heterocycles. The largest absolute Gasteiger partial charge is 0.330 e. The van der Waals surface area contributed by atoms with Gasteiger partial charge in [0.15, 0.2) is 0 Å². The molecule has 2 nitrogen and oxygen atoms in total. The minimum absolute atomic E-state index is 0.716. The number of nitrogens with zero attached hydrogens (tertiary/aromatic N) is 1. The zero-order valence-corrected chi connectivity index (χ0v) is 12.3. The SMILES string of the molecule is CN(CCc1ccccc1)Cc1cccc(CCN)c1. The van der Waals surface area contributed by atoms with Crippen molar-refractivity contribution >= 4 is 0 Å². The van der Waals surface area contributed by atoms with Crippen LogP contribution in [0.2, 0.25) is 0 Å². The van der Waals surface area contributed by atoms with E-state index in [0.717, 1.165) is 25.9 Å². The number of hydrogen-bond acceptors (Lipinski definition) is 2. The predicted molar refractivity (Wildman–Crippen MR) is 85.7 cm³/mol. The molecule has 0 atom stereocenters. The van der Waals surface area contributed by atoms with Crippen LogP contribution in [-0.4, -0.2) is 25.0 Å². The molecule has 0 amide bonds. The van der Waals surface area contributed by atoms with Crippen LogP contribution in [-0.2, 0) is 19.4 Å². The maximum atomic E-state index is 5.61. The standard InChI is InChI=1S/C18H24N2/c1-20(13-11-16-6-3-2-4-7-16)15-18-9-5-8-17(14-18)10-12-19/h2-9,14H,10-13,15,19H2,1H3. The highest BCUT2D eigenvalue weighted by atomic mass is 15.1. The molecule has 0 fully saturated rings. The molecule has 20 heavy (non-hydrogen) atoms. The Morgan fingerprint density at radius 3 is 2.30 bits per heavy atom. The van der Waals surface area contributed by atoms with Gasteiger partial charge in [-0.1, -0.05) is 54.6 Å². The maximum absolute atomic E-state index is 5.61. The number of benzene rings is 2. The fourth-order valence-electron chi connectivity index (χ4n) is 2.41. The van der Waals surface area contributed by atoms with Gasteiger partial charge < -0.3 is 10.6 Å². The van der Waals surface area contributed by atoms with Gasteiger partial charge in [-0.15, -0.1) is 0 Å². The second-order valence-electron chi connectivity index (χ2n) is 5.33. The van der Waals surface area contributed by atoms with Crippen molar-refractivity contribution in [2.24, 2.45) is 5.73 Å². The summed E-state index contributed by atoms with van der Waals surface area (Å²) in [5.74, 6) is 0. The third-order valence-electron chi connectivity index (χ3n) is 3.50. The minimum Gasteiger partial charge on any atom is -0.330 e. The summed E-state index contributed by atoms with van der Waals surface area (Å²) >= 11 is 0. The third kappa shape index (κ3) is 4.80. The molecule has 0 aromatic heterocycles. The van der Waals surface area contributed by atoms with Crippen LogP contribution in [0.25, 0.3) is 0 Å². The van der Waals surface area contributed by atoms with Crippen LogP contribution in [0, 0.1) is 0 Å². The first-order chi connectivity index (χ1) is 9.78. The van der Waals surface area contributed by atoms with Crippen LogP contribution in [0.5, 0.6) is 0 Å². The molecule has 0 spiro atoms. The monoisotopic (exact) mass is 268 g/mol. The van der Waals surface area contributed by atoms with E-state index in [0.29, 0.717) is 6.54 Å². The lowest BCUT2D eigenvalue weighted by Gasteiger charge is -2.17. The number of nitrogens with two attached hydrogens (primary N) is 1. The highest BCUT2D eigenvalue weighted by molar-refractivity contribution is 5.23. The van der Waals surface area contributed by atoms with E-state index < -0.39 is 0 Å². The van der Waals surface area contributed by atoms with Crippen LogP contribution >= 0.6 is 0 Å². The molecular formula is C18H24N2. The molecule has 0 aliphatic rings. The quantitative estimate of drug-likeness (QED) is 0.836. The highest BCUT2D eigenvalue weighted by Crippen LogP contribution is 2.09. The average Bonchev–Trinajstić information content (AvgIpc) is 2.47. The van der Waals surface area contributed by atoms with Crippen molar-refractivity contribution < 1.29 is 0 Å². The predicted octanol–water partition coefficient (Wildman–Crippen LogP) is 2.86. The van der Waals surface area contributed by atoms with E-state index in [1.54, 1.807) is 0 Å². The molecule has 2 N–H and O–H groups in total. The summed E-state index contributed by atoms with van der Waals surface area (Å²) in [6.45, 7) is 2.78. The van der Waals surface area contributed by atoms with Gasteiger partial charge >= 0.3 is 0 Å². The fourth-order valence-corrected chi connectivity index (χ4v) is 2.41. The zero-order chi connectivity index (χ0) is 14.2. The van der Waals surface area contributed by atoms with Gasteiger partial charge in [-0.25, -0.2) is 0 Å². The summed E-state index contributed by atoms with van der Waals surface area (Å²) in [5.41, 5.74) is 9.71. The van der Waals surface area contributed by atoms with Gasteiger partial charge in [-0.05, 0) is 43.1 Å². The molecule has 0 aliphatic carbocycles. The van der Waals surface area contributed by atoms with Gasteiger partial charge in [0, 0.05) is 13.1 Å². The van der Waals surface area contributed by atoms with Gasteiger partial charge in [-0.2, -0.15) is 0 Å². The Morgan fingerprint density at radius 2 is 1.55 bits per heavy atom. The summed E-state index contributed by atoms with van der Waals surface area (Å²) in [4.78, 5) is 2.37.